The van der Waals surface area contributed by atoms with E-state index in [9.17, 15) is 17.6 Å². The van der Waals surface area contributed by atoms with Crippen LogP contribution >= 0.6 is 0 Å². The van der Waals surface area contributed by atoms with Crippen molar-refractivity contribution in [3.8, 4) is 0 Å². The lowest BCUT2D eigenvalue weighted by atomic mass is 10.2. The van der Waals surface area contributed by atoms with Gasteiger partial charge in [0.05, 0.1) is 11.7 Å². The van der Waals surface area contributed by atoms with E-state index in [1.54, 1.807) is 23.8 Å². The van der Waals surface area contributed by atoms with Crippen LogP contribution in [0.4, 0.5) is 29.3 Å². The van der Waals surface area contributed by atoms with Crippen LogP contribution in [0.25, 0.3) is 0 Å². The monoisotopic (exact) mass is 356 g/mol. The summed E-state index contributed by atoms with van der Waals surface area (Å²) in [6, 6.07) is 0.676. The van der Waals surface area contributed by atoms with Crippen LogP contribution in [0, 0.1) is 12.7 Å². The fourth-order valence-electron chi connectivity index (χ4n) is 2.76. The molecule has 0 amide bonds. The molecule has 1 saturated heterocycles. The second-order valence-corrected chi connectivity index (χ2v) is 5.84. The SMILES string of the molecule is Cc1ncnc(N2CCC(N(C)c3nccc(C(F)(F)F)n3)C2)c1F. The van der Waals surface area contributed by atoms with Gasteiger partial charge in [0, 0.05) is 26.3 Å². The van der Waals surface area contributed by atoms with Gasteiger partial charge in [-0.1, -0.05) is 0 Å². The molecule has 0 spiro atoms. The first-order valence-corrected chi connectivity index (χ1v) is 7.62. The number of hydrogen-bond acceptors (Lipinski definition) is 6. The molecule has 0 N–H and O–H groups in total. The second kappa shape index (κ2) is 6.41. The Morgan fingerprint density at radius 1 is 1.24 bits per heavy atom. The summed E-state index contributed by atoms with van der Waals surface area (Å²) in [5, 5.41) is 0. The van der Waals surface area contributed by atoms with Gasteiger partial charge in [0.2, 0.25) is 5.95 Å². The summed E-state index contributed by atoms with van der Waals surface area (Å²) in [5.74, 6) is -0.296. The van der Waals surface area contributed by atoms with Crippen LogP contribution in [-0.2, 0) is 6.18 Å². The Morgan fingerprint density at radius 2 is 2.00 bits per heavy atom. The van der Waals surface area contributed by atoms with Crippen molar-refractivity contribution in [1.29, 1.82) is 0 Å². The standard InChI is InChI=1S/C15H16F4N6/c1-9-12(16)13(22-8-21-9)25-6-4-10(7-25)24(2)14-20-5-3-11(23-14)15(17,18)19/h3,5,8,10H,4,6-7H2,1-2H3. The average Bonchev–Trinajstić information content (AvgIpc) is 3.06. The molecule has 0 aromatic carbocycles. The summed E-state index contributed by atoms with van der Waals surface area (Å²) in [6.07, 6.45) is -1.52. The second-order valence-electron chi connectivity index (χ2n) is 5.84. The molecule has 0 radical (unpaired) electrons. The zero-order valence-electron chi connectivity index (χ0n) is 13.6. The summed E-state index contributed by atoms with van der Waals surface area (Å²) >= 11 is 0. The maximum atomic E-state index is 14.2. The highest BCUT2D eigenvalue weighted by Crippen LogP contribution is 2.29. The topological polar surface area (TPSA) is 58.0 Å². The number of nitrogens with zero attached hydrogens (tertiary/aromatic N) is 6. The first kappa shape index (κ1) is 17.3. The Balaban J connectivity index is 1.77. The van der Waals surface area contributed by atoms with Gasteiger partial charge in [-0.05, 0) is 19.4 Å². The zero-order valence-corrected chi connectivity index (χ0v) is 13.6. The van der Waals surface area contributed by atoms with Crippen LogP contribution in [0.15, 0.2) is 18.6 Å². The fraction of sp³-hybridized carbons (Fsp3) is 0.467. The molecule has 134 valence electrons. The smallest absolute Gasteiger partial charge is 0.352 e. The van der Waals surface area contributed by atoms with Gasteiger partial charge in [0.15, 0.2) is 11.6 Å². The fourth-order valence-corrected chi connectivity index (χ4v) is 2.76. The van der Waals surface area contributed by atoms with Crippen molar-refractivity contribution in [2.75, 3.05) is 29.9 Å². The number of likely N-dealkylation sites (N-methyl/N-ethyl adjacent to an activating group) is 1. The summed E-state index contributed by atoms with van der Waals surface area (Å²) in [4.78, 5) is 18.6. The molecular weight excluding hydrogens is 340 g/mol. The molecule has 1 atom stereocenters. The number of hydrogen-bond donors (Lipinski definition) is 0. The number of aryl methyl sites for hydroxylation is 1. The molecule has 2 aromatic rings. The van der Waals surface area contributed by atoms with E-state index in [1.165, 1.54) is 6.33 Å². The summed E-state index contributed by atoms with van der Waals surface area (Å²) in [6.45, 7) is 2.49. The van der Waals surface area contributed by atoms with E-state index in [1.807, 2.05) is 0 Å². The van der Waals surface area contributed by atoms with Gasteiger partial charge < -0.3 is 9.80 Å². The molecule has 1 fully saturated rings. The number of rotatable bonds is 3. The van der Waals surface area contributed by atoms with E-state index in [2.05, 4.69) is 19.9 Å². The van der Waals surface area contributed by atoms with Crippen LogP contribution in [0.3, 0.4) is 0 Å². The number of anilines is 2. The molecule has 10 heteroatoms. The highest BCUT2D eigenvalue weighted by Gasteiger charge is 2.34. The normalized spacial score (nSPS) is 17.8. The first-order valence-electron chi connectivity index (χ1n) is 7.62. The van der Waals surface area contributed by atoms with Crippen molar-refractivity contribution in [3.63, 3.8) is 0 Å². The Bertz CT molecular complexity index is 766. The van der Waals surface area contributed by atoms with Crippen molar-refractivity contribution in [1.82, 2.24) is 19.9 Å². The summed E-state index contributed by atoms with van der Waals surface area (Å²) < 4.78 is 52.6. The number of alkyl halides is 3. The van der Waals surface area contributed by atoms with E-state index < -0.39 is 17.7 Å². The van der Waals surface area contributed by atoms with Gasteiger partial charge in [-0.15, -0.1) is 0 Å². The molecule has 2 aromatic heterocycles. The van der Waals surface area contributed by atoms with Gasteiger partial charge >= 0.3 is 6.18 Å². The van der Waals surface area contributed by atoms with Crippen LogP contribution < -0.4 is 9.80 Å². The molecular formula is C15H16F4N6. The lowest BCUT2D eigenvalue weighted by molar-refractivity contribution is -0.141. The Labute approximate surface area is 141 Å². The van der Waals surface area contributed by atoms with Gasteiger partial charge in [-0.3, -0.25) is 0 Å². The van der Waals surface area contributed by atoms with E-state index >= 15 is 0 Å². The van der Waals surface area contributed by atoms with Crippen molar-refractivity contribution < 1.29 is 17.6 Å². The predicted octanol–water partition coefficient (Wildman–Crippen LogP) is 2.45. The van der Waals surface area contributed by atoms with Gasteiger partial charge in [-0.25, -0.2) is 24.3 Å². The maximum absolute atomic E-state index is 14.2. The number of aromatic nitrogens is 4. The molecule has 1 aliphatic rings. The molecule has 3 heterocycles. The molecule has 1 unspecified atom stereocenters. The molecule has 3 rings (SSSR count). The highest BCUT2D eigenvalue weighted by molar-refractivity contribution is 5.44. The summed E-state index contributed by atoms with van der Waals surface area (Å²) in [7, 11) is 1.63. The Morgan fingerprint density at radius 3 is 2.72 bits per heavy atom. The van der Waals surface area contributed by atoms with Crippen LogP contribution in [0.5, 0.6) is 0 Å². The molecule has 6 nitrogen and oxygen atoms in total. The van der Waals surface area contributed by atoms with Crippen LogP contribution in [-0.4, -0.2) is 46.1 Å². The third-order valence-electron chi connectivity index (χ3n) is 4.20. The van der Waals surface area contributed by atoms with Gasteiger partial charge in [0.1, 0.15) is 12.0 Å². The van der Waals surface area contributed by atoms with Crippen molar-refractivity contribution in [2.24, 2.45) is 0 Å². The highest BCUT2D eigenvalue weighted by atomic mass is 19.4. The van der Waals surface area contributed by atoms with Crippen molar-refractivity contribution in [2.45, 2.75) is 25.6 Å². The maximum Gasteiger partial charge on any atom is 0.433 e. The lowest BCUT2D eigenvalue weighted by Gasteiger charge is -2.25. The van der Waals surface area contributed by atoms with Gasteiger partial charge in [0.25, 0.3) is 0 Å². The van der Waals surface area contributed by atoms with E-state index in [-0.39, 0.29) is 23.5 Å². The zero-order chi connectivity index (χ0) is 18.2. The van der Waals surface area contributed by atoms with E-state index in [0.717, 1.165) is 12.3 Å². The third kappa shape index (κ3) is 3.47. The minimum absolute atomic E-state index is 0.0129. The Kier molecular flexibility index (Phi) is 4.44. The number of halogens is 4. The van der Waals surface area contributed by atoms with Crippen molar-refractivity contribution >= 4 is 11.8 Å². The minimum atomic E-state index is -4.53. The van der Waals surface area contributed by atoms with Crippen LogP contribution in [0.2, 0.25) is 0 Å². The molecule has 25 heavy (non-hydrogen) atoms. The van der Waals surface area contributed by atoms with E-state index in [4.69, 9.17) is 0 Å². The quantitative estimate of drug-likeness (QED) is 0.788. The lowest BCUT2D eigenvalue weighted by Crippen LogP contribution is -2.36. The van der Waals surface area contributed by atoms with E-state index in [0.29, 0.717) is 19.5 Å². The minimum Gasteiger partial charge on any atom is -0.352 e. The van der Waals surface area contributed by atoms with Crippen molar-refractivity contribution in [3.05, 3.63) is 35.8 Å². The summed E-state index contributed by atoms with van der Waals surface area (Å²) in [5.41, 5.74) is -0.736. The Hall–Kier alpha value is -2.52. The molecule has 0 aliphatic carbocycles. The first-order chi connectivity index (χ1) is 11.8. The largest absolute Gasteiger partial charge is 0.433 e. The molecule has 1 aliphatic heterocycles. The van der Waals surface area contributed by atoms with Crippen LogP contribution in [0.1, 0.15) is 17.8 Å². The predicted molar refractivity (Wildman–Crippen MR) is 82.8 cm³/mol. The van der Waals surface area contributed by atoms with Gasteiger partial charge in [-0.2, -0.15) is 13.2 Å². The third-order valence-corrected chi connectivity index (χ3v) is 4.20. The average molecular weight is 356 g/mol. The molecule has 0 saturated carbocycles. The molecule has 0 bridgehead atoms.